The molecule has 0 aliphatic rings. The molecule has 2 N–H and O–H groups in total. The standard InChI is InChI=1S/C14H18FNO3/c1-9-4-5-10(15)8-11(9)12(17)16-7-6-14(2,3)13(18)19/h4-5,8H,6-7H2,1-3H3,(H,16,17)(H,18,19). The minimum absolute atomic E-state index is 0.230. The van der Waals surface area contributed by atoms with Gasteiger partial charge in [0.1, 0.15) is 5.82 Å². The van der Waals surface area contributed by atoms with Crippen molar-refractivity contribution in [2.45, 2.75) is 27.2 Å². The molecule has 0 aromatic heterocycles. The van der Waals surface area contributed by atoms with Crippen molar-refractivity contribution in [2.24, 2.45) is 5.41 Å². The summed E-state index contributed by atoms with van der Waals surface area (Å²) in [5.41, 5.74) is 0.0501. The second kappa shape index (κ2) is 5.82. The maximum atomic E-state index is 13.1. The highest BCUT2D eigenvalue weighted by Gasteiger charge is 2.26. The molecule has 0 heterocycles. The third-order valence-electron chi connectivity index (χ3n) is 3.06. The van der Waals surface area contributed by atoms with E-state index < -0.39 is 23.1 Å². The highest BCUT2D eigenvalue weighted by Crippen LogP contribution is 2.19. The molecule has 0 atom stereocenters. The van der Waals surface area contributed by atoms with Crippen LogP contribution in [0.5, 0.6) is 0 Å². The Morgan fingerprint density at radius 3 is 2.58 bits per heavy atom. The molecule has 0 bridgehead atoms. The highest BCUT2D eigenvalue weighted by atomic mass is 19.1. The van der Waals surface area contributed by atoms with Crippen LogP contribution in [0.25, 0.3) is 0 Å². The molecule has 1 amide bonds. The maximum absolute atomic E-state index is 13.1. The van der Waals surface area contributed by atoms with Crippen molar-refractivity contribution >= 4 is 11.9 Å². The van der Waals surface area contributed by atoms with E-state index in [0.717, 1.165) is 0 Å². The van der Waals surface area contributed by atoms with E-state index in [2.05, 4.69) is 5.32 Å². The zero-order valence-electron chi connectivity index (χ0n) is 11.3. The minimum Gasteiger partial charge on any atom is -0.481 e. The molecule has 1 aromatic carbocycles. The number of carbonyl (C=O) groups excluding carboxylic acids is 1. The molecule has 1 aromatic rings. The van der Waals surface area contributed by atoms with Crippen LogP contribution in [0, 0.1) is 18.2 Å². The Hall–Kier alpha value is -1.91. The fourth-order valence-corrected chi connectivity index (χ4v) is 1.53. The summed E-state index contributed by atoms with van der Waals surface area (Å²) in [7, 11) is 0. The van der Waals surface area contributed by atoms with Crippen LogP contribution in [-0.2, 0) is 4.79 Å². The van der Waals surface area contributed by atoms with Crippen LogP contribution in [0.1, 0.15) is 36.2 Å². The molecule has 1 rings (SSSR count). The number of aliphatic carboxylic acids is 1. The molecule has 5 heteroatoms. The average Bonchev–Trinajstić information content (AvgIpc) is 2.31. The first-order valence-corrected chi connectivity index (χ1v) is 6.02. The number of amides is 1. The Bertz CT molecular complexity index is 497. The highest BCUT2D eigenvalue weighted by molar-refractivity contribution is 5.95. The van der Waals surface area contributed by atoms with Crippen molar-refractivity contribution in [3.05, 3.63) is 35.1 Å². The molecule has 19 heavy (non-hydrogen) atoms. The fourth-order valence-electron chi connectivity index (χ4n) is 1.53. The van der Waals surface area contributed by atoms with E-state index in [1.54, 1.807) is 20.8 Å². The average molecular weight is 267 g/mol. The molecule has 0 unspecified atom stereocenters. The fraction of sp³-hybridized carbons (Fsp3) is 0.429. The lowest BCUT2D eigenvalue weighted by molar-refractivity contribution is -0.147. The van der Waals surface area contributed by atoms with Crippen molar-refractivity contribution in [2.75, 3.05) is 6.54 Å². The third kappa shape index (κ3) is 4.05. The third-order valence-corrected chi connectivity index (χ3v) is 3.06. The van der Waals surface area contributed by atoms with E-state index >= 15 is 0 Å². The largest absolute Gasteiger partial charge is 0.481 e. The summed E-state index contributed by atoms with van der Waals surface area (Å²) in [5.74, 6) is -1.77. The lowest BCUT2D eigenvalue weighted by Gasteiger charge is -2.19. The summed E-state index contributed by atoms with van der Waals surface area (Å²) < 4.78 is 13.1. The molecule has 0 aliphatic heterocycles. The van der Waals surface area contributed by atoms with Gasteiger partial charge in [0.15, 0.2) is 0 Å². The summed E-state index contributed by atoms with van der Waals surface area (Å²) in [6, 6.07) is 4.00. The number of benzene rings is 1. The summed E-state index contributed by atoms with van der Waals surface area (Å²) in [5, 5.41) is 11.6. The monoisotopic (exact) mass is 267 g/mol. The van der Waals surface area contributed by atoms with E-state index in [-0.39, 0.29) is 12.1 Å². The van der Waals surface area contributed by atoms with Crippen molar-refractivity contribution in [3.8, 4) is 0 Å². The van der Waals surface area contributed by atoms with Crippen molar-refractivity contribution in [3.63, 3.8) is 0 Å². The number of hydrogen-bond donors (Lipinski definition) is 2. The Morgan fingerprint density at radius 2 is 2.00 bits per heavy atom. The van der Waals surface area contributed by atoms with Crippen molar-refractivity contribution in [1.82, 2.24) is 5.32 Å². The van der Waals surface area contributed by atoms with Gasteiger partial charge in [0, 0.05) is 12.1 Å². The van der Waals surface area contributed by atoms with Gasteiger partial charge in [-0.15, -0.1) is 0 Å². The van der Waals surface area contributed by atoms with Crippen LogP contribution < -0.4 is 5.32 Å². The normalized spacial score (nSPS) is 11.2. The van der Waals surface area contributed by atoms with Gasteiger partial charge in [-0.25, -0.2) is 4.39 Å². The Balaban J connectivity index is 2.62. The Kier molecular flexibility index (Phi) is 4.64. The van der Waals surface area contributed by atoms with Gasteiger partial charge in [0.05, 0.1) is 5.41 Å². The van der Waals surface area contributed by atoms with Gasteiger partial charge in [-0.1, -0.05) is 6.07 Å². The van der Waals surface area contributed by atoms with Gasteiger partial charge < -0.3 is 10.4 Å². The number of carbonyl (C=O) groups is 2. The predicted molar refractivity (Wildman–Crippen MR) is 69.5 cm³/mol. The second-order valence-electron chi connectivity index (χ2n) is 5.15. The first-order chi connectivity index (χ1) is 8.74. The van der Waals surface area contributed by atoms with Crippen LogP contribution in [0.3, 0.4) is 0 Å². The molecule has 0 saturated carbocycles. The molecule has 0 radical (unpaired) electrons. The van der Waals surface area contributed by atoms with E-state index in [1.807, 2.05) is 0 Å². The van der Waals surface area contributed by atoms with Crippen molar-refractivity contribution < 1.29 is 19.1 Å². The molecule has 0 fully saturated rings. The number of carboxylic acids is 1. The van der Waals surface area contributed by atoms with Gasteiger partial charge in [0.25, 0.3) is 5.91 Å². The van der Waals surface area contributed by atoms with Gasteiger partial charge in [0.2, 0.25) is 0 Å². The molecular weight excluding hydrogens is 249 g/mol. The number of rotatable bonds is 5. The lowest BCUT2D eigenvalue weighted by atomic mass is 9.89. The minimum atomic E-state index is -0.913. The Labute approximate surface area is 111 Å². The first kappa shape index (κ1) is 15.1. The first-order valence-electron chi connectivity index (χ1n) is 6.02. The molecule has 104 valence electrons. The molecular formula is C14H18FNO3. The maximum Gasteiger partial charge on any atom is 0.309 e. The smallest absolute Gasteiger partial charge is 0.309 e. The molecule has 0 spiro atoms. The van der Waals surface area contributed by atoms with Gasteiger partial charge in [-0.3, -0.25) is 9.59 Å². The SMILES string of the molecule is Cc1ccc(F)cc1C(=O)NCCC(C)(C)C(=O)O. The number of carboxylic acid groups (broad SMARTS) is 1. The van der Waals surface area contributed by atoms with Gasteiger partial charge in [-0.05, 0) is 44.9 Å². The van der Waals surface area contributed by atoms with Crippen LogP contribution in [0.4, 0.5) is 4.39 Å². The number of aryl methyl sites for hydroxylation is 1. The van der Waals surface area contributed by atoms with E-state index in [1.165, 1.54) is 18.2 Å². The van der Waals surface area contributed by atoms with E-state index in [0.29, 0.717) is 12.0 Å². The van der Waals surface area contributed by atoms with Gasteiger partial charge >= 0.3 is 5.97 Å². The van der Waals surface area contributed by atoms with Gasteiger partial charge in [-0.2, -0.15) is 0 Å². The quantitative estimate of drug-likeness (QED) is 0.860. The van der Waals surface area contributed by atoms with Crippen LogP contribution in [0.2, 0.25) is 0 Å². The van der Waals surface area contributed by atoms with Crippen LogP contribution >= 0.6 is 0 Å². The summed E-state index contributed by atoms with van der Waals surface area (Å²) in [4.78, 5) is 22.8. The number of hydrogen-bond acceptors (Lipinski definition) is 2. The molecule has 0 aliphatic carbocycles. The van der Waals surface area contributed by atoms with Crippen molar-refractivity contribution in [1.29, 1.82) is 0 Å². The number of halogens is 1. The van der Waals surface area contributed by atoms with Crippen LogP contribution in [0.15, 0.2) is 18.2 Å². The number of nitrogens with one attached hydrogen (secondary N) is 1. The zero-order valence-corrected chi connectivity index (χ0v) is 11.3. The lowest BCUT2D eigenvalue weighted by Crippen LogP contribution is -2.32. The molecule has 0 saturated heterocycles. The van der Waals surface area contributed by atoms with E-state index in [4.69, 9.17) is 5.11 Å². The summed E-state index contributed by atoms with van der Waals surface area (Å²) in [6.45, 7) is 5.13. The topological polar surface area (TPSA) is 66.4 Å². The summed E-state index contributed by atoms with van der Waals surface area (Å²) >= 11 is 0. The Morgan fingerprint density at radius 1 is 1.37 bits per heavy atom. The second-order valence-corrected chi connectivity index (χ2v) is 5.15. The molecule has 4 nitrogen and oxygen atoms in total. The van der Waals surface area contributed by atoms with Crippen LogP contribution in [-0.4, -0.2) is 23.5 Å². The van der Waals surface area contributed by atoms with E-state index in [9.17, 15) is 14.0 Å². The predicted octanol–water partition coefficient (Wildman–Crippen LogP) is 2.36. The summed E-state index contributed by atoms with van der Waals surface area (Å²) in [6.07, 6.45) is 0.308. The zero-order chi connectivity index (χ0) is 14.6.